The molecule has 35 heavy (non-hydrogen) atoms. The lowest BCUT2D eigenvalue weighted by Crippen LogP contribution is -2.50. The number of hydrogen-bond donors (Lipinski definition) is 1. The molecular weight excluding hydrogens is 520 g/mol. The van der Waals surface area contributed by atoms with Crippen molar-refractivity contribution in [2.75, 3.05) is 12.3 Å². The van der Waals surface area contributed by atoms with Crippen molar-refractivity contribution >= 4 is 39.5 Å². The molecule has 0 aromatic heterocycles. The van der Waals surface area contributed by atoms with Crippen LogP contribution in [0.2, 0.25) is 0 Å². The molecule has 1 atom stereocenters. The van der Waals surface area contributed by atoms with Gasteiger partial charge in [0.25, 0.3) is 0 Å². The maximum Gasteiger partial charge on any atom is 0.243 e. The molecule has 0 bridgehead atoms. The first kappa shape index (κ1) is 27.0. The number of halogens is 1. The van der Waals surface area contributed by atoms with Crippen LogP contribution in [0.1, 0.15) is 36.5 Å². The molecule has 4 nitrogen and oxygen atoms in total. The molecule has 0 aliphatic rings. The summed E-state index contributed by atoms with van der Waals surface area (Å²) in [7, 11) is 0. The summed E-state index contributed by atoms with van der Waals surface area (Å²) in [5.74, 6) is 1.48. The van der Waals surface area contributed by atoms with Crippen LogP contribution >= 0.6 is 27.7 Å². The summed E-state index contributed by atoms with van der Waals surface area (Å²) in [6, 6.07) is 27.6. The molecule has 3 aromatic carbocycles. The first-order valence-corrected chi connectivity index (χ1v) is 14.0. The molecule has 0 radical (unpaired) electrons. The van der Waals surface area contributed by atoms with Crippen LogP contribution in [0, 0.1) is 0 Å². The Hall–Kier alpha value is -2.57. The average Bonchev–Trinajstić information content (AvgIpc) is 2.89. The number of nitrogens with one attached hydrogen (secondary N) is 1. The molecule has 1 unspecified atom stereocenters. The number of benzene rings is 3. The minimum absolute atomic E-state index is 0.000981. The summed E-state index contributed by atoms with van der Waals surface area (Å²) in [5, 5.41) is 3.03. The first-order chi connectivity index (χ1) is 17.1. The highest BCUT2D eigenvalue weighted by atomic mass is 79.9. The van der Waals surface area contributed by atoms with Crippen LogP contribution < -0.4 is 5.32 Å². The summed E-state index contributed by atoms with van der Waals surface area (Å²) in [4.78, 5) is 28.6. The van der Waals surface area contributed by atoms with Crippen molar-refractivity contribution in [1.29, 1.82) is 0 Å². The van der Waals surface area contributed by atoms with Gasteiger partial charge in [0, 0.05) is 41.9 Å². The van der Waals surface area contributed by atoms with E-state index in [2.05, 4.69) is 33.4 Å². The van der Waals surface area contributed by atoms with Gasteiger partial charge in [0.1, 0.15) is 6.04 Å². The molecule has 0 aliphatic carbocycles. The largest absolute Gasteiger partial charge is 0.354 e. The molecule has 0 heterocycles. The Labute approximate surface area is 221 Å². The van der Waals surface area contributed by atoms with Crippen LogP contribution in [0.4, 0.5) is 0 Å². The molecule has 0 spiro atoms. The number of carbonyl (C=O) groups excluding carboxylic acids is 2. The van der Waals surface area contributed by atoms with Gasteiger partial charge in [-0.2, -0.15) is 11.8 Å². The van der Waals surface area contributed by atoms with Crippen LogP contribution in [-0.2, 0) is 28.3 Å². The van der Waals surface area contributed by atoms with E-state index in [0.29, 0.717) is 31.7 Å². The summed E-state index contributed by atoms with van der Waals surface area (Å²) >= 11 is 5.22. The molecular formula is C29H33BrN2O2S. The van der Waals surface area contributed by atoms with Crippen molar-refractivity contribution < 1.29 is 9.59 Å². The molecule has 2 amide bonds. The number of rotatable bonds is 13. The molecule has 0 fully saturated rings. The van der Waals surface area contributed by atoms with Crippen LogP contribution in [0.15, 0.2) is 89.4 Å². The zero-order valence-electron chi connectivity index (χ0n) is 20.2. The molecule has 0 aliphatic heterocycles. The van der Waals surface area contributed by atoms with Gasteiger partial charge in [0.15, 0.2) is 0 Å². The summed E-state index contributed by atoms with van der Waals surface area (Å²) in [5.41, 5.74) is 3.29. The first-order valence-electron chi connectivity index (χ1n) is 12.0. The summed E-state index contributed by atoms with van der Waals surface area (Å²) in [6.45, 7) is 3.02. The van der Waals surface area contributed by atoms with Crippen LogP contribution in [0.25, 0.3) is 0 Å². The Balaban J connectivity index is 1.77. The van der Waals surface area contributed by atoms with E-state index in [1.165, 1.54) is 5.56 Å². The van der Waals surface area contributed by atoms with Crippen LogP contribution in [0.3, 0.4) is 0 Å². The Morgan fingerprint density at radius 3 is 2.14 bits per heavy atom. The lowest BCUT2D eigenvalue weighted by molar-refractivity contribution is -0.141. The SMILES string of the molecule is CCCNC(=O)C(Cc1ccccc1)N(Cc1ccc(Br)cc1)C(=O)CCSCc1ccccc1. The van der Waals surface area contributed by atoms with Crippen molar-refractivity contribution in [3.05, 3.63) is 106 Å². The van der Waals surface area contributed by atoms with Gasteiger partial charge in [-0.3, -0.25) is 9.59 Å². The molecule has 3 aromatic rings. The topological polar surface area (TPSA) is 49.4 Å². The molecule has 3 rings (SSSR count). The van der Waals surface area contributed by atoms with Crippen molar-refractivity contribution in [2.45, 2.75) is 44.5 Å². The van der Waals surface area contributed by atoms with E-state index >= 15 is 0 Å². The number of nitrogens with zero attached hydrogens (tertiary/aromatic N) is 1. The van der Waals surface area contributed by atoms with Gasteiger partial charge >= 0.3 is 0 Å². The van der Waals surface area contributed by atoms with E-state index in [9.17, 15) is 9.59 Å². The highest BCUT2D eigenvalue weighted by molar-refractivity contribution is 9.10. The predicted molar refractivity (Wildman–Crippen MR) is 149 cm³/mol. The quantitative estimate of drug-likeness (QED) is 0.255. The van der Waals surface area contributed by atoms with Crippen molar-refractivity contribution in [2.24, 2.45) is 0 Å². The van der Waals surface area contributed by atoms with Gasteiger partial charge in [0.2, 0.25) is 11.8 Å². The Morgan fingerprint density at radius 1 is 0.886 bits per heavy atom. The van der Waals surface area contributed by atoms with Gasteiger partial charge in [0.05, 0.1) is 0 Å². The van der Waals surface area contributed by atoms with E-state index in [4.69, 9.17) is 0 Å². The maximum absolute atomic E-state index is 13.6. The van der Waals surface area contributed by atoms with Crippen molar-refractivity contribution in [1.82, 2.24) is 10.2 Å². The number of amides is 2. The van der Waals surface area contributed by atoms with E-state index in [1.54, 1.807) is 16.7 Å². The highest BCUT2D eigenvalue weighted by Crippen LogP contribution is 2.19. The lowest BCUT2D eigenvalue weighted by Gasteiger charge is -2.31. The molecule has 184 valence electrons. The Kier molecular flexibility index (Phi) is 11.4. The number of carbonyl (C=O) groups is 2. The van der Waals surface area contributed by atoms with Crippen molar-refractivity contribution in [3.63, 3.8) is 0 Å². The van der Waals surface area contributed by atoms with E-state index in [0.717, 1.165) is 27.8 Å². The second kappa shape index (κ2) is 14.7. The standard InChI is InChI=1S/C29H33BrN2O2S/c1-2-18-31-29(34)27(20-23-9-5-3-6-10-23)32(21-24-13-15-26(30)16-14-24)28(33)17-19-35-22-25-11-7-4-8-12-25/h3-16,27H,2,17-22H2,1H3,(H,31,34). The summed E-state index contributed by atoms with van der Waals surface area (Å²) in [6.07, 6.45) is 1.72. The highest BCUT2D eigenvalue weighted by Gasteiger charge is 2.30. The molecule has 0 saturated carbocycles. The minimum Gasteiger partial charge on any atom is -0.354 e. The zero-order chi connectivity index (χ0) is 24.9. The lowest BCUT2D eigenvalue weighted by atomic mass is 10.0. The van der Waals surface area contributed by atoms with Gasteiger partial charge in [-0.05, 0) is 35.2 Å². The van der Waals surface area contributed by atoms with E-state index in [-0.39, 0.29) is 11.8 Å². The fourth-order valence-electron chi connectivity index (χ4n) is 3.77. The Bertz CT molecular complexity index is 1050. The third-order valence-electron chi connectivity index (χ3n) is 5.66. The fourth-order valence-corrected chi connectivity index (χ4v) is 4.93. The minimum atomic E-state index is -0.570. The second-order valence-electron chi connectivity index (χ2n) is 8.43. The van der Waals surface area contributed by atoms with Crippen molar-refractivity contribution in [3.8, 4) is 0 Å². The average molecular weight is 554 g/mol. The normalized spacial score (nSPS) is 11.6. The number of hydrogen-bond acceptors (Lipinski definition) is 3. The second-order valence-corrected chi connectivity index (χ2v) is 10.5. The third kappa shape index (κ3) is 9.19. The fraction of sp³-hybridized carbons (Fsp3) is 0.310. The molecule has 1 N–H and O–H groups in total. The zero-order valence-corrected chi connectivity index (χ0v) is 22.6. The van der Waals surface area contributed by atoms with Gasteiger partial charge in [-0.15, -0.1) is 0 Å². The smallest absolute Gasteiger partial charge is 0.243 e. The Morgan fingerprint density at radius 2 is 1.51 bits per heavy atom. The van der Waals surface area contributed by atoms with Crippen LogP contribution in [0.5, 0.6) is 0 Å². The molecule has 0 saturated heterocycles. The maximum atomic E-state index is 13.6. The third-order valence-corrected chi connectivity index (χ3v) is 7.22. The van der Waals surface area contributed by atoms with Gasteiger partial charge < -0.3 is 10.2 Å². The predicted octanol–water partition coefficient (Wildman–Crippen LogP) is 6.24. The molecule has 6 heteroatoms. The van der Waals surface area contributed by atoms with E-state index < -0.39 is 6.04 Å². The number of thioether (sulfide) groups is 1. The van der Waals surface area contributed by atoms with Gasteiger partial charge in [-0.25, -0.2) is 0 Å². The van der Waals surface area contributed by atoms with E-state index in [1.807, 2.05) is 79.7 Å². The van der Waals surface area contributed by atoms with Gasteiger partial charge in [-0.1, -0.05) is 95.7 Å². The van der Waals surface area contributed by atoms with Crippen LogP contribution in [-0.4, -0.2) is 35.1 Å². The monoisotopic (exact) mass is 552 g/mol. The summed E-state index contributed by atoms with van der Waals surface area (Å²) < 4.78 is 0.984.